The summed E-state index contributed by atoms with van der Waals surface area (Å²) in [6, 6.07) is 32.1. The van der Waals surface area contributed by atoms with Crippen molar-refractivity contribution in [1.29, 1.82) is 0 Å². The molecule has 0 aliphatic carbocycles. The summed E-state index contributed by atoms with van der Waals surface area (Å²) in [6.45, 7) is 7.09. The van der Waals surface area contributed by atoms with Crippen molar-refractivity contribution in [2.24, 2.45) is 0 Å². The predicted octanol–water partition coefficient (Wildman–Crippen LogP) is 6.87. The highest BCUT2D eigenvalue weighted by atomic mass is 15.2. The third kappa shape index (κ3) is 5.96. The Bertz CT molecular complexity index is 896. The fourth-order valence-corrected chi connectivity index (χ4v) is 3.81. The van der Waals surface area contributed by atoms with Crippen molar-refractivity contribution in [3.63, 3.8) is 0 Å². The molecule has 3 aromatic rings. The first-order valence-electron chi connectivity index (χ1n) is 10.9. The summed E-state index contributed by atoms with van der Waals surface area (Å²) in [4.78, 5) is 2.50. The molecule has 0 fully saturated rings. The van der Waals surface area contributed by atoms with Crippen LogP contribution in [0.5, 0.6) is 0 Å². The summed E-state index contributed by atoms with van der Waals surface area (Å²) in [7, 11) is 0. The minimum atomic E-state index is 0.136. The van der Waals surface area contributed by atoms with E-state index in [9.17, 15) is 0 Å². The van der Waals surface area contributed by atoms with Crippen LogP contribution in [0.3, 0.4) is 0 Å². The lowest BCUT2D eigenvalue weighted by Gasteiger charge is -2.36. The van der Waals surface area contributed by atoms with Crippen molar-refractivity contribution in [2.45, 2.75) is 38.3 Å². The molecule has 1 nitrogen and oxygen atoms in total. The van der Waals surface area contributed by atoms with Crippen LogP contribution in [0.2, 0.25) is 0 Å². The number of unbranched alkanes of at least 4 members (excludes halogenated alkanes) is 1. The monoisotopic (exact) mass is 393 g/mol. The van der Waals surface area contributed by atoms with E-state index in [1.54, 1.807) is 0 Å². The summed E-state index contributed by atoms with van der Waals surface area (Å²) in [5.74, 6) is 7.03. The zero-order chi connectivity index (χ0) is 21.0. The first-order chi connectivity index (χ1) is 14.8. The second-order valence-electron chi connectivity index (χ2n) is 7.50. The van der Waals surface area contributed by atoms with Crippen molar-refractivity contribution < 1.29 is 0 Å². The molecule has 0 saturated heterocycles. The fourth-order valence-electron chi connectivity index (χ4n) is 3.81. The second-order valence-corrected chi connectivity index (χ2v) is 7.50. The van der Waals surface area contributed by atoms with E-state index in [0.29, 0.717) is 0 Å². The highest BCUT2D eigenvalue weighted by molar-refractivity contribution is 5.37. The molecular weight excluding hydrogens is 362 g/mol. The molecular formula is C29H31N. The molecule has 30 heavy (non-hydrogen) atoms. The Balaban J connectivity index is 2.04. The van der Waals surface area contributed by atoms with E-state index in [-0.39, 0.29) is 12.1 Å². The molecule has 0 aromatic heterocycles. The van der Waals surface area contributed by atoms with E-state index < -0.39 is 0 Å². The summed E-state index contributed by atoms with van der Waals surface area (Å²) < 4.78 is 0. The first kappa shape index (κ1) is 21.6. The number of benzene rings is 3. The van der Waals surface area contributed by atoms with Gasteiger partial charge < -0.3 is 0 Å². The summed E-state index contributed by atoms with van der Waals surface area (Å²) in [6.07, 6.45) is 5.35. The van der Waals surface area contributed by atoms with E-state index >= 15 is 0 Å². The SMILES string of the molecule is C=CCN(C(c1ccccc1)c1ccccc1)[C@H](C#Cc1ccccc1)CCCC. The molecule has 0 radical (unpaired) electrons. The third-order valence-electron chi connectivity index (χ3n) is 5.29. The topological polar surface area (TPSA) is 3.24 Å². The van der Waals surface area contributed by atoms with Crippen LogP contribution >= 0.6 is 0 Å². The first-order valence-corrected chi connectivity index (χ1v) is 10.9. The van der Waals surface area contributed by atoms with E-state index in [4.69, 9.17) is 0 Å². The highest BCUT2D eigenvalue weighted by Crippen LogP contribution is 2.31. The van der Waals surface area contributed by atoms with Crippen LogP contribution in [0.4, 0.5) is 0 Å². The van der Waals surface area contributed by atoms with E-state index in [1.807, 2.05) is 24.3 Å². The van der Waals surface area contributed by atoms with Crippen molar-refractivity contribution in [1.82, 2.24) is 4.90 Å². The zero-order valence-electron chi connectivity index (χ0n) is 17.9. The third-order valence-corrected chi connectivity index (χ3v) is 5.29. The van der Waals surface area contributed by atoms with Crippen molar-refractivity contribution in [3.05, 3.63) is 120 Å². The zero-order valence-corrected chi connectivity index (χ0v) is 17.9. The largest absolute Gasteiger partial charge is 0.275 e. The molecule has 3 rings (SSSR count). The molecule has 0 bridgehead atoms. The van der Waals surface area contributed by atoms with Gasteiger partial charge in [-0.2, -0.15) is 0 Å². The van der Waals surface area contributed by atoms with Crippen LogP contribution in [-0.4, -0.2) is 17.5 Å². The predicted molar refractivity (Wildman–Crippen MR) is 128 cm³/mol. The van der Waals surface area contributed by atoms with Gasteiger partial charge in [-0.15, -0.1) is 6.58 Å². The quantitative estimate of drug-likeness (QED) is 0.283. The molecule has 1 atom stereocenters. The van der Waals surface area contributed by atoms with Crippen LogP contribution in [0.15, 0.2) is 104 Å². The second kappa shape index (κ2) is 11.8. The lowest BCUT2D eigenvalue weighted by atomic mass is 9.94. The summed E-state index contributed by atoms with van der Waals surface area (Å²) in [5.41, 5.74) is 3.63. The van der Waals surface area contributed by atoms with Crippen LogP contribution in [0, 0.1) is 11.8 Å². The lowest BCUT2D eigenvalue weighted by Crippen LogP contribution is -2.38. The molecule has 0 aliphatic rings. The van der Waals surface area contributed by atoms with Gasteiger partial charge in [-0.25, -0.2) is 0 Å². The normalized spacial score (nSPS) is 11.7. The Morgan fingerprint density at radius 2 is 1.37 bits per heavy atom. The molecule has 152 valence electrons. The van der Waals surface area contributed by atoms with E-state index in [0.717, 1.165) is 31.4 Å². The Hall–Kier alpha value is -3.08. The van der Waals surface area contributed by atoms with Gasteiger partial charge in [0.15, 0.2) is 0 Å². The van der Waals surface area contributed by atoms with Crippen LogP contribution in [-0.2, 0) is 0 Å². The van der Waals surface area contributed by atoms with Gasteiger partial charge in [-0.3, -0.25) is 4.90 Å². The molecule has 0 aliphatic heterocycles. The Labute approximate surface area is 182 Å². The maximum atomic E-state index is 4.06. The van der Waals surface area contributed by atoms with E-state index in [1.165, 1.54) is 11.1 Å². The minimum Gasteiger partial charge on any atom is -0.275 e. The van der Waals surface area contributed by atoms with Gasteiger partial charge in [0, 0.05) is 12.1 Å². The smallest absolute Gasteiger partial charge is 0.0728 e. The van der Waals surface area contributed by atoms with Crippen molar-refractivity contribution in [3.8, 4) is 11.8 Å². The van der Waals surface area contributed by atoms with Gasteiger partial charge in [-0.1, -0.05) is 117 Å². The highest BCUT2D eigenvalue weighted by Gasteiger charge is 2.26. The molecule has 0 unspecified atom stereocenters. The fraction of sp³-hybridized carbons (Fsp3) is 0.241. The molecule has 0 spiro atoms. The van der Waals surface area contributed by atoms with Crippen LogP contribution in [0.1, 0.15) is 48.9 Å². The molecule has 0 saturated carbocycles. The van der Waals surface area contributed by atoms with Crippen molar-refractivity contribution in [2.75, 3.05) is 6.54 Å². The number of nitrogens with zero attached hydrogens (tertiary/aromatic N) is 1. The average Bonchev–Trinajstić information content (AvgIpc) is 2.81. The standard InChI is InChI=1S/C29H31N/c1-3-5-21-28(23-22-25-15-9-6-10-16-25)30(24-4-2)29(26-17-11-7-12-18-26)27-19-13-8-14-20-27/h4,6-20,28-29H,2-3,5,21,24H2,1H3/t28-/m0/s1. The Morgan fingerprint density at radius 1 is 0.833 bits per heavy atom. The van der Waals surface area contributed by atoms with Gasteiger partial charge in [0.2, 0.25) is 0 Å². The maximum absolute atomic E-state index is 4.06. The number of rotatable bonds is 9. The molecule has 0 heterocycles. The number of hydrogen-bond acceptors (Lipinski definition) is 1. The van der Waals surface area contributed by atoms with Gasteiger partial charge in [0.05, 0.1) is 12.1 Å². The number of hydrogen-bond donors (Lipinski definition) is 0. The van der Waals surface area contributed by atoms with E-state index in [2.05, 4.69) is 103 Å². The van der Waals surface area contributed by atoms with Gasteiger partial charge >= 0.3 is 0 Å². The molecule has 1 heteroatoms. The molecule has 3 aromatic carbocycles. The summed E-state index contributed by atoms with van der Waals surface area (Å²) >= 11 is 0. The lowest BCUT2D eigenvalue weighted by molar-refractivity contribution is 0.201. The van der Waals surface area contributed by atoms with Crippen LogP contribution < -0.4 is 0 Å². The van der Waals surface area contributed by atoms with Crippen LogP contribution in [0.25, 0.3) is 0 Å². The average molecular weight is 394 g/mol. The Morgan fingerprint density at radius 3 is 1.87 bits per heavy atom. The molecule has 0 N–H and O–H groups in total. The van der Waals surface area contributed by atoms with Gasteiger partial charge in [-0.05, 0) is 29.7 Å². The molecule has 0 amide bonds. The Kier molecular flexibility index (Phi) is 8.51. The maximum Gasteiger partial charge on any atom is 0.0728 e. The van der Waals surface area contributed by atoms with Crippen molar-refractivity contribution >= 4 is 0 Å². The van der Waals surface area contributed by atoms with Gasteiger partial charge in [0.1, 0.15) is 0 Å². The van der Waals surface area contributed by atoms with Gasteiger partial charge in [0.25, 0.3) is 0 Å². The minimum absolute atomic E-state index is 0.136. The summed E-state index contributed by atoms with van der Waals surface area (Å²) in [5, 5.41) is 0.